The number of hydrogen-bond acceptors (Lipinski definition) is 4. The number of carbonyl (C=O) groups excluding carboxylic acids is 1. The normalized spacial score (nSPS) is 26.2. The van der Waals surface area contributed by atoms with Crippen LogP contribution in [0, 0.1) is 11.8 Å². The van der Waals surface area contributed by atoms with Crippen LogP contribution < -0.4 is 9.47 Å². The van der Waals surface area contributed by atoms with Crippen molar-refractivity contribution in [2.75, 3.05) is 19.9 Å². The Kier molecular flexibility index (Phi) is 3.39. The Morgan fingerprint density at radius 2 is 1.91 bits per heavy atom. The van der Waals surface area contributed by atoms with Crippen LogP contribution in [0.4, 0.5) is 0 Å². The Morgan fingerprint density at radius 1 is 1.13 bits per heavy atom. The van der Waals surface area contributed by atoms with Gasteiger partial charge in [0.05, 0.1) is 5.92 Å². The van der Waals surface area contributed by atoms with E-state index in [4.69, 9.17) is 9.47 Å². The summed E-state index contributed by atoms with van der Waals surface area (Å²) in [6, 6.07) is 5.54. The second-order valence-corrected chi connectivity index (χ2v) is 6.53. The maximum Gasteiger partial charge on any atom is 0.308 e. The fourth-order valence-corrected chi connectivity index (χ4v) is 3.63. The highest BCUT2D eigenvalue weighted by Crippen LogP contribution is 2.40. The van der Waals surface area contributed by atoms with Crippen molar-refractivity contribution in [2.45, 2.75) is 25.2 Å². The first kappa shape index (κ1) is 14.4. The van der Waals surface area contributed by atoms with Crippen molar-refractivity contribution in [2.24, 2.45) is 11.8 Å². The molecule has 2 aliphatic heterocycles. The highest BCUT2D eigenvalue weighted by Gasteiger charge is 2.43. The molecule has 0 aromatic heterocycles. The van der Waals surface area contributed by atoms with Crippen LogP contribution in [0.2, 0.25) is 0 Å². The Morgan fingerprint density at radius 3 is 2.61 bits per heavy atom. The molecule has 2 heterocycles. The van der Waals surface area contributed by atoms with Crippen LogP contribution in [-0.4, -0.2) is 41.8 Å². The summed E-state index contributed by atoms with van der Waals surface area (Å²) in [4.78, 5) is 25.8. The highest BCUT2D eigenvalue weighted by molar-refractivity contribution is 5.82. The van der Waals surface area contributed by atoms with E-state index in [1.54, 1.807) is 4.90 Å². The first-order valence-electron chi connectivity index (χ1n) is 8.04. The molecule has 6 heteroatoms. The van der Waals surface area contributed by atoms with Gasteiger partial charge >= 0.3 is 5.97 Å². The molecule has 0 radical (unpaired) electrons. The standard InChI is InChI=1S/C17H19NO5/c19-16(10-2-1-3-10)18-7-12(13(8-18)17(20)21)11-4-5-14-15(6-11)23-9-22-14/h4-6,10,12-13H,1-3,7-9H2,(H,20,21)/t12-,13+/m0/s1. The Labute approximate surface area is 134 Å². The molecule has 6 nitrogen and oxygen atoms in total. The Bertz CT molecular complexity index is 654. The summed E-state index contributed by atoms with van der Waals surface area (Å²) in [5.74, 6) is -0.0795. The average Bonchev–Trinajstić information content (AvgIpc) is 3.11. The van der Waals surface area contributed by atoms with Gasteiger partial charge in [-0.05, 0) is 30.5 Å². The monoisotopic (exact) mass is 317 g/mol. The number of carboxylic acid groups (broad SMARTS) is 1. The maximum absolute atomic E-state index is 12.4. The minimum absolute atomic E-state index is 0.0972. The van der Waals surface area contributed by atoms with E-state index in [-0.39, 0.29) is 24.5 Å². The lowest BCUT2D eigenvalue weighted by Crippen LogP contribution is -2.37. The zero-order valence-electron chi connectivity index (χ0n) is 12.7. The van der Waals surface area contributed by atoms with Crippen molar-refractivity contribution in [3.8, 4) is 11.5 Å². The van der Waals surface area contributed by atoms with Gasteiger partial charge < -0.3 is 19.5 Å². The van der Waals surface area contributed by atoms with Gasteiger partial charge in [0.15, 0.2) is 11.5 Å². The Balaban J connectivity index is 1.58. The fraction of sp³-hybridized carbons (Fsp3) is 0.529. The summed E-state index contributed by atoms with van der Waals surface area (Å²) in [7, 11) is 0. The lowest BCUT2D eigenvalue weighted by atomic mass is 9.84. The van der Waals surface area contributed by atoms with E-state index >= 15 is 0 Å². The van der Waals surface area contributed by atoms with Crippen molar-refractivity contribution in [3.63, 3.8) is 0 Å². The summed E-state index contributed by atoms with van der Waals surface area (Å²) >= 11 is 0. The van der Waals surface area contributed by atoms with Gasteiger partial charge in [0.25, 0.3) is 0 Å². The molecule has 1 N–H and O–H groups in total. The zero-order chi connectivity index (χ0) is 16.0. The summed E-state index contributed by atoms with van der Waals surface area (Å²) in [5, 5.41) is 9.55. The van der Waals surface area contributed by atoms with Crippen molar-refractivity contribution in [1.29, 1.82) is 0 Å². The van der Waals surface area contributed by atoms with E-state index in [0.717, 1.165) is 24.8 Å². The second-order valence-electron chi connectivity index (χ2n) is 6.53. The van der Waals surface area contributed by atoms with Gasteiger partial charge in [-0.1, -0.05) is 12.5 Å². The van der Waals surface area contributed by atoms with E-state index in [1.165, 1.54) is 0 Å². The molecule has 1 aromatic carbocycles. The second kappa shape index (κ2) is 5.44. The van der Waals surface area contributed by atoms with E-state index in [1.807, 2.05) is 18.2 Å². The van der Waals surface area contributed by atoms with Crippen molar-refractivity contribution >= 4 is 11.9 Å². The maximum atomic E-state index is 12.4. The van der Waals surface area contributed by atoms with Gasteiger partial charge in [0.2, 0.25) is 12.7 Å². The number of fused-ring (bicyclic) bond motifs is 1. The van der Waals surface area contributed by atoms with Crippen molar-refractivity contribution in [1.82, 2.24) is 4.90 Å². The van der Waals surface area contributed by atoms with Gasteiger partial charge in [-0.15, -0.1) is 0 Å². The molecule has 0 spiro atoms. The van der Waals surface area contributed by atoms with Crippen LogP contribution in [0.5, 0.6) is 11.5 Å². The van der Waals surface area contributed by atoms with Gasteiger partial charge in [-0.25, -0.2) is 0 Å². The molecule has 1 aliphatic carbocycles. The first-order chi connectivity index (χ1) is 11.1. The lowest BCUT2D eigenvalue weighted by Gasteiger charge is -2.29. The number of benzene rings is 1. The number of carboxylic acids is 1. The molecule has 0 bridgehead atoms. The molecular formula is C17H19NO5. The highest BCUT2D eigenvalue weighted by atomic mass is 16.7. The van der Waals surface area contributed by atoms with E-state index in [9.17, 15) is 14.7 Å². The number of ether oxygens (including phenoxy) is 2. The summed E-state index contributed by atoms with van der Waals surface area (Å²) in [5.41, 5.74) is 0.894. The molecule has 23 heavy (non-hydrogen) atoms. The van der Waals surface area contributed by atoms with Crippen LogP contribution in [0.3, 0.4) is 0 Å². The number of aliphatic carboxylic acids is 1. The van der Waals surface area contributed by atoms with Crippen molar-refractivity contribution < 1.29 is 24.2 Å². The van der Waals surface area contributed by atoms with Gasteiger partial charge in [0, 0.05) is 24.9 Å². The molecule has 1 amide bonds. The molecule has 3 aliphatic rings. The van der Waals surface area contributed by atoms with Gasteiger partial charge in [-0.3, -0.25) is 9.59 Å². The lowest BCUT2D eigenvalue weighted by molar-refractivity contribution is -0.142. The fourth-order valence-electron chi connectivity index (χ4n) is 3.63. The van der Waals surface area contributed by atoms with Crippen LogP contribution >= 0.6 is 0 Å². The number of likely N-dealkylation sites (tertiary alicyclic amines) is 1. The SMILES string of the molecule is O=C(O)[C@@H]1CN(C(=O)C2CCC2)C[C@H]1c1ccc2c(c1)OCO2. The molecule has 4 rings (SSSR count). The van der Waals surface area contributed by atoms with Crippen LogP contribution in [0.1, 0.15) is 30.7 Å². The zero-order valence-corrected chi connectivity index (χ0v) is 12.7. The summed E-state index contributed by atoms with van der Waals surface area (Å²) in [6.07, 6.45) is 2.96. The minimum Gasteiger partial charge on any atom is -0.481 e. The molecular weight excluding hydrogens is 298 g/mol. The topological polar surface area (TPSA) is 76.1 Å². The molecule has 1 saturated carbocycles. The number of nitrogens with zero attached hydrogens (tertiary/aromatic N) is 1. The van der Waals surface area contributed by atoms with E-state index < -0.39 is 11.9 Å². The molecule has 0 unspecified atom stereocenters. The third-order valence-electron chi connectivity index (χ3n) is 5.23. The smallest absolute Gasteiger partial charge is 0.308 e. The molecule has 1 aromatic rings. The number of hydrogen-bond donors (Lipinski definition) is 1. The quantitative estimate of drug-likeness (QED) is 0.920. The van der Waals surface area contributed by atoms with E-state index in [0.29, 0.717) is 24.6 Å². The predicted molar refractivity (Wildman–Crippen MR) is 80.4 cm³/mol. The van der Waals surface area contributed by atoms with Gasteiger partial charge in [0.1, 0.15) is 0 Å². The first-order valence-corrected chi connectivity index (χ1v) is 8.04. The van der Waals surface area contributed by atoms with E-state index in [2.05, 4.69) is 0 Å². The Hall–Kier alpha value is -2.24. The number of rotatable bonds is 3. The third-order valence-corrected chi connectivity index (χ3v) is 5.23. The summed E-state index contributed by atoms with van der Waals surface area (Å²) < 4.78 is 10.7. The number of carbonyl (C=O) groups is 2. The van der Waals surface area contributed by atoms with Crippen LogP contribution in [0.15, 0.2) is 18.2 Å². The molecule has 2 atom stereocenters. The molecule has 122 valence electrons. The molecule has 2 fully saturated rings. The predicted octanol–water partition coefficient (Wildman–Crippen LogP) is 1.84. The average molecular weight is 317 g/mol. The number of amides is 1. The third kappa shape index (κ3) is 2.42. The van der Waals surface area contributed by atoms with Crippen molar-refractivity contribution in [3.05, 3.63) is 23.8 Å². The summed E-state index contributed by atoms with van der Waals surface area (Å²) in [6.45, 7) is 0.952. The van der Waals surface area contributed by atoms with Crippen LogP contribution in [-0.2, 0) is 9.59 Å². The molecule has 1 saturated heterocycles. The largest absolute Gasteiger partial charge is 0.481 e. The minimum atomic E-state index is -0.850. The van der Waals surface area contributed by atoms with Gasteiger partial charge in [-0.2, -0.15) is 0 Å². The van der Waals surface area contributed by atoms with Crippen LogP contribution in [0.25, 0.3) is 0 Å².